The zero-order valence-electron chi connectivity index (χ0n) is 19.2. The fraction of sp³-hybridized carbons (Fsp3) is 0.0769. The molecule has 4 amide bonds. The van der Waals surface area contributed by atoms with Crippen LogP contribution in [0.1, 0.15) is 21.5 Å². The fourth-order valence-electron chi connectivity index (χ4n) is 3.49. The minimum absolute atomic E-state index is 0.178. The van der Waals surface area contributed by atoms with Gasteiger partial charge in [0.25, 0.3) is 11.8 Å². The first-order valence-corrected chi connectivity index (χ1v) is 12.3. The molecule has 0 unspecified atom stereocenters. The van der Waals surface area contributed by atoms with Crippen LogP contribution in [0.15, 0.2) is 75.2 Å². The van der Waals surface area contributed by atoms with Gasteiger partial charge in [-0.3, -0.25) is 14.9 Å². The van der Waals surface area contributed by atoms with Crippen LogP contribution in [0.5, 0.6) is 11.5 Å². The van der Waals surface area contributed by atoms with Gasteiger partial charge in [0, 0.05) is 0 Å². The normalized spacial score (nSPS) is 14.5. The molecule has 3 aromatic carbocycles. The smallest absolute Gasteiger partial charge is 0.335 e. The van der Waals surface area contributed by atoms with E-state index >= 15 is 0 Å². The first-order valence-electron chi connectivity index (χ1n) is 10.7. The zero-order valence-corrected chi connectivity index (χ0v) is 22.3. The Kier molecular flexibility index (Phi) is 7.74. The largest absolute Gasteiger partial charge is 0.497 e. The number of carboxylic acids is 1. The number of barbiturate groups is 1. The number of carbonyl (C=O) groups is 4. The molecule has 1 aliphatic heterocycles. The number of carbonyl (C=O) groups excluding carboxylic acids is 3. The van der Waals surface area contributed by atoms with E-state index in [1.165, 1.54) is 37.5 Å². The van der Waals surface area contributed by atoms with Gasteiger partial charge in [-0.1, -0.05) is 12.1 Å². The number of hydrogen-bond acceptors (Lipinski definition) is 6. The molecule has 11 heteroatoms. The molecule has 188 valence electrons. The topological polar surface area (TPSA) is 122 Å². The van der Waals surface area contributed by atoms with Crippen LogP contribution in [-0.2, 0) is 16.2 Å². The summed E-state index contributed by atoms with van der Waals surface area (Å²) in [6.45, 7) is 0.178. The molecule has 4 rings (SSSR count). The Morgan fingerprint density at radius 1 is 1.00 bits per heavy atom. The molecule has 2 N–H and O–H groups in total. The van der Waals surface area contributed by atoms with Gasteiger partial charge in [-0.05, 0) is 97.6 Å². The summed E-state index contributed by atoms with van der Waals surface area (Å²) >= 11 is 6.89. The second kappa shape index (κ2) is 11.0. The van der Waals surface area contributed by atoms with Crippen molar-refractivity contribution in [1.29, 1.82) is 0 Å². The summed E-state index contributed by atoms with van der Waals surface area (Å²) < 4.78 is 12.1. The number of nitrogens with one attached hydrogen (secondary N) is 1. The Morgan fingerprint density at radius 2 is 1.62 bits per heavy atom. The number of urea groups is 1. The van der Waals surface area contributed by atoms with Crippen molar-refractivity contribution >= 4 is 67.4 Å². The van der Waals surface area contributed by atoms with Crippen molar-refractivity contribution in [2.45, 2.75) is 6.61 Å². The molecule has 1 saturated heterocycles. The monoisotopic (exact) mass is 628 g/mol. The van der Waals surface area contributed by atoms with Gasteiger partial charge in [-0.15, -0.1) is 0 Å². The maximum absolute atomic E-state index is 13.1. The first kappa shape index (κ1) is 26.1. The van der Waals surface area contributed by atoms with Gasteiger partial charge in [0.05, 0.1) is 27.3 Å². The van der Waals surface area contributed by atoms with E-state index in [1.807, 2.05) is 0 Å². The summed E-state index contributed by atoms with van der Waals surface area (Å²) in [5.74, 6) is -1.56. The van der Waals surface area contributed by atoms with Crippen LogP contribution in [0.3, 0.4) is 0 Å². The van der Waals surface area contributed by atoms with Gasteiger partial charge >= 0.3 is 12.0 Å². The van der Waals surface area contributed by atoms with Crippen LogP contribution in [-0.4, -0.2) is 36.0 Å². The summed E-state index contributed by atoms with van der Waals surface area (Å²) in [6, 6.07) is 15.1. The lowest BCUT2D eigenvalue weighted by Crippen LogP contribution is -2.54. The van der Waals surface area contributed by atoms with Gasteiger partial charge in [-0.25, -0.2) is 14.5 Å². The second-order valence-electron chi connectivity index (χ2n) is 7.76. The van der Waals surface area contributed by atoms with Crippen LogP contribution >= 0.6 is 31.9 Å². The lowest BCUT2D eigenvalue weighted by molar-refractivity contribution is -0.122. The van der Waals surface area contributed by atoms with Crippen LogP contribution in [0.4, 0.5) is 10.5 Å². The second-order valence-corrected chi connectivity index (χ2v) is 9.47. The van der Waals surface area contributed by atoms with Crippen LogP contribution < -0.4 is 19.7 Å². The number of nitrogens with zero attached hydrogens (tertiary/aromatic N) is 1. The van der Waals surface area contributed by atoms with Crippen molar-refractivity contribution in [2.24, 2.45) is 0 Å². The highest BCUT2D eigenvalue weighted by atomic mass is 79.9. The minimum atomic E-state index is -1.01. The number of anilines is 1. The number of halogens is 2. The summed E-state index contributed by atoms with van der Waals surface area (Å²) in [5, 5.41) is 11.2. The Bertz CT molecular complexity index is 1410. The number of ether oxygens (including phenoxy) is 2. The molecule has 3 aromatic rings. The molecule has 1 heterocycles. The molecule has 37 heavy (non-hydrogen) atoms. The summed E-state index contributed by atoms with van der Waals surface area (Å²) in [7, 11) is 1.50. The first-order chi connectivity index (χ1) is 17.7. The molecule has 1 aliphatic rings. The van der Waals surface area contributed by atoms with Crippen molar-refractivity contribution in [3.8, 4) is 11.5 Å². The predicted molar refractivity (Wildman–Crippen MR) is 142 cm³/mol. The molecule has 0 spiro atoms. The van der Waals surface area contributed by atoms with E-state index in [4.69, 9.17) is 14.6 Å². The SMILES string of the molecule is COc1ccc(N2C(=O)NC(=O)C(=Cc3cc(Br)c(OCc4ccc(C(=O)O)cc4)c(Br)c3)C2=O)cc1. The Labute approximate surface area is 227 Å². The van der Waals surface area contributed by atoms with Gasteiger partial charge in [-0.2, -0.15) is 0 Å². The molecule has 0 aliphatic carbocycles. The molecule has 1 fully saturated rings. The molecule has 0 radical (unpaired) electrons. The van der Waals surface area contributed by atoms with Crippen molar-refractivity contribution in [1.82, 2.24) is 5.32 Å². The highest BCUT2D eigenvalue weighted by Gasteiger charge is 2.36. The van der Waals surface area contributed by atoms with E-state index in [9.17, 15) is 19.2 Å². The number of aromatic carboxylic acids is 1. The summed E-state index contributed by atoms with van der Waals surface area (Å²) in [4.78, 5) is 49.9. The Morgan fingerprint density at radius 3 is 2.19 bits per heavy atom. The molecule has 0 bridgehead atoms. The number of rotatable bonds is 7. The highest BCUT2D eigenvalue weighted by Crippen LogP contribution is 2.36. The molecule has 0 aromatic heterocycles. The summed E-state index contributed by atoms with van der Waals surface area (Å²) in [6.07, 6.45) is 1.38. The Balaban J connectivity index is 1.56. The third kappa shape index (κ3) is 5.73. The van der Waals surface area contributed by atoms with E-state index in [2.05, 4.69) is 37.2 Å². The fourth-order valence-corrected chi connectivity index (χ4v) is 4.94. The van der Waals surface area contributed by atoms with Crippen molar-refractivity contribution in [2.75, 3.05) is 12.0 Å². The number of amides is 4. The zero-order chi connectivity index (χ0) is 26.7. The van der Waals surface area contributed by atoms with Gasteiger partial charge < -0.3 is 14.6 Å². The van der Waals surface area contributed by atoms with Crippen LogP contribution in [0.25, 0.3) is 6.08 Å². The third-order valence-corrected chi connectivity index (χ3v) is 6.53. The number of carboxylic acid groups (broad SMARTS) is 1. The lowest BCUT2D eigenvalue weighted by Gasteiger charge is -2.26. The molecule has 9 nitrogen and oxygen atoms in total. The highest BCUT2D eigenvalue weighted by molar-refractivity contribution is 9.11. The van der Waals surface area contributed by atoms with Crippen molar-refractivity contribution in [3.63, 3.8) is 0 Å². The molecular weight excluding hydrogens is 612 g/mol. The van der Waals surface area contributed by atoms with Gasteiger partial charge in [0.15, 0.2) is 0 Å². The van der Waals surface area contributed by atoms with E-state index in [-0.39, 0.29) is 23.4 Å². The van der Waals surface area contributed by atoms with Crippen LogP contribution in [0.2, 0.25) is 0 Å². The number of methoxy groups -OCH3 is 1. The standard InChI is InChI=1S/C26H18Br2N2O7/c1-36-18-8-6-17(7-9-18)30-24(32)19(23(31)29-26(30)35)10-15-11-20(27)22(21(28)12-15)37-13-14-2-4-16(5-3-14)25(33)34/h2-12H,13H2,1H3,(H,33,34)(H,29,31,35). The predicted octanol–water partition coefficient (Wildman–Crippen LogP) is 5.16. The van der Waals surface area contributed by atoms with E-state index in [1.54, 1.807) is 36.4 Å². The van der Waals surface area contributed by atoms with Gasteiger partial charge in [0.1, 0.15) is 23.7 Å². The van der Waals surface area contributed by atoms with E-state index in [0.29, 0.717) is 26.0 Å². The maximum Gasteiger partial charge on any atom is 0.335 e. The molecule has 0 saturated carbocycles. The number of imide groups is 2. The third-order valence-electron chi connectivity index (χ3n) is 5.35. The lowest BCUT2D eigenvalue weighted by atomic mass is 10.1. The molecule has 0 atom stereocenters. The summed E-state index contributed by atoms with van der Waals surface area (Å²) in [5.41, 5.74) is 1.50. The van der Waals surface area contributed by atoms with Gasteiger partial charge in [0.2, 0.25) is 0 Å². The Hall–Kier alpha value is -3.96. The minimum Gasteiger partial charge on any atom is -0.497 e. The average Bonchev–Trinajstić information content (AvgIpc) is 2.86. The van der Waals surface area contributed by atoms with Crippen LogP contribution in [0, 0.1) is 0 Å². The van der Waals surface area contributed by atoms with E-state index in [0.717, 1.165) is 10.5 Å². The van der Waals surface area contributed by atoms with Crippen molar-refractivity contribution in [3.05, 3.63) is 91.9 Å². The van der Waals surface area contributed by atoms with Crippen molar-refractivity contribution < 1.29 is 33.8 Å². The number of benzene rings is 3. The quantitative estimate of drug-likeness (QED) is 0.273. The van der Waals surface area contributed by atoms with E-state index < -0.39 is 23.8 Å². The number of hydrogen-bond donors (Lipinski definition) is 2. The average molecular weight is 630 g/mol. The molecular formula is C26H18Br2N2O7. The maximum atomic E-state index is 13.1.